The molecular formula is C23H23N5O4. The Kier molecular flexibility index (Phi) is 7.08. The molecule has 0 saturated carbocycles. The molecule has 9 heteroatoms. The van der Waals surface area contributed by atoms with Gasteiger partial charge < -0.3 is 21.1 Å². The van der Waals surface area contributed by atoms with Crippen LogP contribution in [-0.4, -0.2) is 40.0 Å². The van der Waals surface area contributed by atoms with E-state index in [0.29, 0.717) is 36.0 Å². The number of terminal acetylenes is 1. The van der Waals surface area contributed by atoms with Crippen molar-refractivity contribution in [1.82, 2.24) is 15.3 Å². The van der Waals surface area contributed by atoms with Crippen molar-refractivity contribution in [2.75, 3.05) is 23.7 Å². The van der Waals surface area contributed by atoms with Gasteiger partial charge in [0.1, 0.15) is 0 Å². The van der Waals surface area contributed by atoms with E-state index in [2.05, 4.69) is 21.2 Å². The van der Waals surface area contributed by atoms with E-state index in [9.17, 15) is 14.4 Å². The molecule has 1 amide bonds. The van der Waals surface area contributed by atoms with Crippen molar-refractivity contribution in [1.29, 1.82) is 0 Å². The monoisotopic (exact) mass is 433 g/mol. The Morgan fingerprint density at radius 3 is 2.66 bits per heavy atom. The number of hydrogen-bond acceptors (Lipinski definition) is 6. The van der Waals surface area contributed by atoms with Crippen LogP contribution in [0.4, 0.5) is 11.6 Å². The third-order valence-electron chi connectivity index (χ3n) is 4.79. The number of rotatable bonds is 9. The van der Waals surface area contributed by atoms with E-state index in [0.717, 1.165) is 11.3 Å². The Hall–Kier alpha value is -4.32. The summed E-state index contributed by atoms with van der Waals surface area (Å²) in [6.07, 6.45) is 5.91. The Morgan fingerprint density at radius 2 is 1.97 bits per heavy atom. The number of amides is 1. The molecule has 1 aromatic heterocycles. The van der Waals surface area contributed by atoms with Gasteiger partial charge in [0, 0.05) is 30.8 Å². The number of nitrogens with zero attached hydrogens (tertiary/aromatic N) is 2. The van der Waals surface area contributed by atoms with Crippen molar-refractivity contribution in [3.8, 4) is 12.3 Å². The Balaban J connectivity index is 1.72. The molecule has 0 atom stereocenters. The lowest BCUT2D eigenvalue weighted by Gasteiger charge is -2.23. The quantitative estimate of drug-likeness (QED) is 0.297. The summed E-state index contributed by atoms with van der Waals surface area (Å²) in [5, 5.41) is 11.8. The average Bonchev–Trinajstić information content (AvgIpc) is 2.76. The fraction of sp³-hybridized carbons (Fsp3) is 0.217. The summed E-state index contributed by atoms with van der Waals surface area (Å²) >= 11 is 0. The van der Waals surface area contributed by atoms with Crippen molar-refractivity contribution >= 4 is 34.4 Å². The Bertz CT molecular complexity index is 1230. The average molecular weight is 433 g/mol. The summed E-state index contributed by atoms with van der Waals surface area (Å²) in [5.74, 6) is 1.52. The van der Waals surface area contributed by atoms with E-state index in [1.54, 1.807) is 36.4 Å². The normalized spacial score (nSPS) is 10.5. The van der Waals surface area contributed by atoms with Crippen molar-refractivity contribution in [3.63, 3.8) is 0 Å². The van der Waals surface area contributed by atoms with E-state index < -0.39 is 5.97 Å². The first kappa shape index (κ1) is 22.4. The summed E-state index contributed by atoms with van der Waals surface area (Å²) in [6.45, 7) is 1.07. The van der Waals surface area contributed by atoms with Crippen LogP contribution in [0.2, 0.25) is 0 Å². The first-order valence-corrected chi connectivity index (χ1v) is 9.94. The van der Waals surface area contributed by atoms with Crippen LogP contribution in [0, 0.1) is 12.3 Å². The van der Waals surface area contributed by atoms with Gasteiger partial charge in [-0.25, -0.2) is 4.98 Å². The largest absolute Gasteiger partial charge is 0.481 e. The van der Waals surface area contributed by atoms with Crippen LogP contribution in [0.15, 0.2) is 47.3 Å². The zero-order valence-electron chi connectivity index (χ0n) is 17.3. The smallest absolute Gasteiger partial charge is 0.303 e. The molecule has 0 radical (unpaired) electrons. The van der Waals surface area contributed by atoms with Crippen LogP contribution < -0.4 is 21.5 Å². The van der Waals surface area contributed by atoms with Gasteiger partial charge in [-0.3, -0.25) is 19.4 Å². The molecule has 0 aliphatic heterocycles. The molecule has 0 aliphatic rings. The van der Waals surface area contributed by atoms with Gasteiger partial charge in [0.15, 0.2) is 0 Å². The molecular weight excluding hydrogens is 410 g/mol. The number of benzene rings is 2. The zero-order valence-corrected chi connectivity index (χ0v) is 17.3. The molecule has 3 rings (SSSR count). The summed E-state index contributed by atoms with van der Waals surface area (Å²) < 4.78 is 0. The zero-order chi connectivity index (χ0) is 23.1. The molecule has 0 bridgehead atoms. The molecule has 0 aliphatic carbocycles. The number of carboxylic acids is 1. The fourth-order valence-corrected chi connectivity index (χ4v) is 3.24. The van der Waals surface area contributed by atoms with Crippen molar-refractivity contribution < 1.29 is 14.7 Å². The number of nitrogens with two attached hydrogens (primary N) is 1. The van der Waals surface area contributed by atoms with Crippen molar-refractivity contribution in [2.24, 2.45) is 0 Å². The number of fused-ring (bicyclic) bond motifs is 1. The van der Waals surface area contributed by atoms with Crippen LogP contribution in [0.3, 0.4) is 0 Å². The second kappa shape index (κ2) is 10.1. The molecule has 9 nitrogen and oxygen atoms in total. The highest BCUT2D eigenvalue weighted by atomic mass is 16.4. The van der Waals surface area contributed by atoms with E-state index in [1.165, 1.54) is 0 Å². The number of nitrogen functional groups attached to an aromatic ring is 1. The van der Waals surface area contributed by atoms with Crippen LogP contribution in [-0.2, 0) is 11.3 Å². The second-order valence-electron chi connectivity index (χ2n) is 7.16. The number of carbonyl (C=O) groups is 2. The Morgan fingerprint density at radius 1 is 1.22 bits per heavy atom. The highest BCUT2D eigenvalue weighted by molar-refractivity contribution is 5.94. The molecule has 0 spiro atoms. The van der Waals surface area contributed by atoms with Gasteiger partial charge in [-0.15, -0.1) is 6.42 Å². The molecule has 164 valence electrons. The minimum atomic E-state index is -0.895. The number of carbonyl (C=O) groups excluding carboxylic acids is 1. The minimum Gasteiger partial charge on any atom is -0.481 e. The second-order valence-corrected chi connectivity index (χ2v) is 7.16. The predicted molar refractivity (Wildman–Crippen MR) is 122 cm³/mol. The van der Waals surface area contributed by atoms with Crippen LogP contribution in [0.25, 0.3) is 10.9 Å². The van der Waals surface area contributed by atoms with Gasteiger partial charge in [0.25, 0.3) is 11.5 Å². The summed E-state index contributed by atoms with van der Waals surface area (Å²) in [6, 6.07) is 12.3. The van der Waals surface area contributed by atoms with Crippen LogP contribution in [0.1, 0.15) is 28.8 Å². The summed E-state index contributed by atoms with van der Waals surface area (Å²) in [5.41, 5.74) is 7.94. The molecule has 1 heterocycles. The number of carboxylic acid groups (broad SMARTS) is 1. The lowest BCUT2D eigenvalue weighted by Crippen LogP contribution is -2.25. The van der Waals surface area contributed by atoms with Gasteiger partial charge in [-0.05, 0) is 48.4 Å². The standard InChI is InChI=1S/C23H23N5O4/c1-2-12-28(14-15-5-10-19-18(13-15)22(32)27-23(24)26-19)17-8-6-16(7-9-17)21(31)25-11-3-4-20(29)30/h1,5-10,13H,3-4,11-12,14H2,(H,25,31)(H,29,30)(H3,24,26,27,32). The lowest BCUT2D eigenvalue weighted by atomic mass is 10.1. The highest BCUT2D eigenvalue weighted by Crippen LogP contribution is 2.20. The SMILES string of the molecule is C#CCN(Cc1ccc2nc(N)[nH]c(=O)c2c1)c1ccc(C(=O)NCCCC(=O)O)cc1. The number of aromatic amines is 1. The lowest BCUT2D eigenvalue weighted by molar-refractivity contribution is -0.137. The number of H-pyrrole nitrogens is 1. The van der Waals surface area contributed by atoms with Crippen molar-refractivity contribution in [2.45, 2.75) is 19.4 Å². The molecule has 0 fully saturated rings. The molecule has 32 heavy (non-hydrogen) atoms. The molecule has 0 unspecified atom stereocenters. The first-order chi connectivity index (χ1) is 15.4. The maximum atomic E-state index is 12.2. The van der Waals surface area contributed by atoms with Crippen molar-refractivity contribution in [3.05, 3.63) is 63.9 Å². The topological polar surface area (TPSA) is 141 Å². The van der Waals surface area contributed by atoms with E-state index in [-0.39, 0.29) is 30.4 Å². The third kappa shape index (κ3) is 5.64. The van der Waals surface area contributed by atoms with Crippen LogP contribution >= 0.6 is 0 Å². The summed E-state index contributed by atoms with van der Waals surface area (Å²) in [7, 11) is 0. The number of hydrogen-bond donors (Lipinski definition) is 4. The third-order valence-corrected chi connectivity index (χ3v) is 4.79. The van der Waals surface area contributed by atoms with Crippen LogP contribution in [0.5, 0.6) is 0 Å². The predicted octanol–water partition coefficient (Wildman–Crippen LogP) is 1.74. The van der Waals surface area contributed by atoms with Gasteiger partial charge in [0.05, 0.1) is 17.4 Å². The van der Waals surface area contributed by atoms with E-state index >= 15 is 0 Å². The first-order valence-electron chi connectivity index (χ1n) is 9.94. The van der Waals surface area contributed by atoms with E-state index in [1.807, 2.05) is 11.0 Å². The molecule has 5 N–H and O–H groups in total. The molecule has 0 saturated heterocycles. The van der Waals surface area contributed by atoms with Gasteiger partial charge in [-0.2, -0.15) is 0 Å². The maximum Gasteiger partial charge on any atom is 0.303 e. The number of aliphatic carboxylic acids is 1. The fourth-order valence-electron chi connectivity index (χ4n) is 3.24. The van der Waals surface area contributed by atoms with Gasteiger partial charge in [0.2, 0.25) is 5.95 Å². The molecule has 3 aromatic rings. The van der Waals surface area contributed by atoms with Gasteiger partial charge >= 0.3 is 5.97 Å². The number of nitrogens with one attached hydrogen (secondary N) is 2. The molecule has 2 aromatic carbocycles. The maximum absolute atomic E-state index is 12.2. The summed E-state index contributed by atoms with van der Waals surface area (Å²) in [4.78, 5) is 43.5. The number of aromatic nitrogens is 2. The van der Waals surface area contributed by atoms with E-state index in [4.69, 9.17) is 17.3 Å². The number of anilines is 2. The Labute approximate surface area is 184 Å². The van der Waals surface area contributed by atoms with Gasteiger partial charge in [-0.1, -0.05) is 12.0 Å². The highest BCUT2D eigenvalue weighted by Gasteiger charge is 2.11. The minimum absolute atomic E-state index is 0.00432.